The topological polar surface area (TPSA) is 90.1 Å². The Bertz CT molecular complexity index is 546. The molecule has 7 nitrogen and oxygen atoms in total. The zero-order valence-corrected chi connectivity index (χ0v) is 16.7. The maximum atomic E-state index is 11.7. The van der Waals surface area contributed by atoms with Gasteiger partial charge in [0.05, 0.1) is 12.8 Å². The zero-order valence-electron chi connectivity index (χ0n) is 14.4. The van der Waals surface area contributed by atoms with Crippen molar-refractivity contribution in [3.63, 3.8) is 0 Å². The summed E-state index contributed by atoms with van der Waals surface area (Å²) in [7, 11) is 1.68. The molecule has 0 spiro atoms. The molecule has 1 aliphatic heterocycles. The van der Waals surface area contributed by atoms with Gasteiger partial charge in [0.1, 0.15) is 11.4 Å². The number of likely N-dealkylation sites (tertiary alicyclic amines) is 1. The average Bonchev–Trinajstić information content (AvgIpc) is 3.22. The highest BCUT2D eigenvalue weighted by molar-refractivity contribution is 14.0. The molecule has 1 fully saturated rings. The average molecular weight is 450 g/mol. The van der Waals surface area contributed by atoms with Gasteiger partial charge in [-0.05, 0) is 25.5 Å². The van der Waals surface area contributed by atoms with E-state index in [1.807, 2.05) is 11.8 Å². The van der Waals surface area contributed by atoms with Gasteiger partial charge < -0.3 is 25.1 Å². The normalized spacial score (nSPS) is 20.2. The summed E-state index contributed by atoms with van der Waals surface area (Å²) in [6.45, 7) is 5.28. The molecular formula is C16H27IN4O3. The van der Waals surface area contributed by atoms with Crippen molar-refractivity contribution < 1.29 is 14.3 Å². The predicted molar refractivity (Wildman–Crippen MR) is 103 cm³/mol. The van der Waals surface area contributed by atoms with Crippen LogP contribution in [0.4, 0.5) is 0 Å². The third-order valence-electron chi connectivity index (χ3n) is 4.06. The molecule has 2 atom stereocenters. The monoisotopic (exact) mass is 450 g/mol. The number of hydrogen-bond acceptors (Lipinski definition) is 4. The van der Waals surface area contributed by atoms with E-state index in [0.29, 0.717) is 24.7 Å². The predicted octanol–water partition coefficient (Wildman–Crippen LogP) is 1.28. The molecule has 1 aliphatic rings. The molecule has 2 heterocycles. The van der Waals surface area contributed by atoms with Crippen molar-refractivity contribution in [1.29, 1.82) is 0 Å². The lowest BCUT2D eigenvalue weighted by Crippen LogP contribution is -2.48. The van der Waals surface area contributed by atoms with Crippen LogP contribution in [0.2, 0.25) is 0 Å². The summed E-state index contributed by atoms with van der Waals surface area (Å²) in [4.78, 5) is 17.8. The van der Waals surface area contributed by atoms with Crippen LogP contribution in [0.25, 0.3) is 0 Å². The Kier molecular flexibility index (Phi) is 8.01. The molecule has 2 rings (SSSR count). The number of guanidine groups is 1. The number of carbonyl (C=O) groups is 1. The highest BCUT2D eigenvalue weighted by Gasteiger charge is 2.28. The van der Waals surface area contributed by atoms with E-state index in [-0.39, 0.29) is 42.5 Å². The lowest BCUT2D eigenvalue weighted by atomic mass is 10.0. The van der Waals surface area contributed by atoms with Crippen LogP contribution in [-0.2, 0) is 10.4 Å². The first-order valence-corrected chi connectivity index (χ1v) is 7.97. The number of halogens is 1. The minimum absolute atomic E-state index is 0. The molecule has 3 N–H and O–H groups in total. The van der Waals surface area contributed by atoms with Gasteiger partial charge in [0.2, 0.25) is 5.91 Å². The molecule has 8 heteroatoms. The first-order chi connectivity index (χ1) is 11.0. The van der Waals surface area contributed by atoms with Crippen LogP contribution < -0.4 is 10.6 Å². The second kappa shape index (κ2) is 9.26. The van der Waals surface area contributed by atoms with Gasteiger partial charge in [0.15, 0.2) is 5.96 Å². The summed E-state index contributed by atoms with van der Waals surface area (Å²) in [5, 5.41) is 16.8. The fourth-order valence-corrected chi connectivity index (χ4v) is 2.64. The number of amides is 1. The van der Waals surface area contributed by atoms with Crippen molar-refractivity contribution in [2.75, 3.05) is 26.7 Å². The van der Waals surface area contributed by atoms with Crippen molar-refractivity contribution in [3.05, 3.63) is 24.2 Å². The fourth-order valence-electron chi connectivity index (χ4n) is 2.64. The highest BCUT2D eigenvalue weighted by Crippen LogP contribution is 2.19. The molecule has 24 heavy (non-hydrogen) atoms. The van der Waals surface area contributed by atoms with Crippen LogP contribution in [-0.4, -0.2) is 54.6 Å². The summed E-state index contributed by atoms with van der Waals surface area (Å²) in [6, 6.07) is 3.66. The van der Waals surface area contributed by atoms with Crippen LogP contribution >= 0.6 is 24.0 Å². The van der Waals surface area contributed by atoms with E-state index in [9.17, 15) is 9.90 Å². The van der Waals surface area contributed by atoms with Crippen LogP contribution in [0.1, 0.15) is 32.4 Å². The summed E-state index contributed by atoms with van der Waals surface area (Å²) >= 11 is 0. The molecule has 1 amide bonds. The van der Waals surface area contributed by atoms with E-state index < -0.39 is 5.60 Å². The highest BCUT2D eigenvalue weighted by atomic mass is 127. The Labute approximate surface area is 159 Å². The number of carbonyl (C=O) groups excluding carboxylic acids is 1. The number of nitrogens with one attached hydrogen (secondary N) is 2. The Morgan fingerprint density at radius 1 is 1.58 bits per heavy atom. The van der Waals surface area contributed by atoms with Crippen LogP contribution in [0.5, 0.6) is 0 Å². The molecular weight excluding hydrogens is 423 g/mol. The maximum Gasteiger partial charge on any atom is 0.222 e. The minimum Gasteiger partial charge on any atom is -0.466 e. The van der Waals surface area contributed by atoms with Crippen LogP contribution in [0.15, 0.2) is 27.8 Å². The summed E-state index contributed by atoms with van der Waals surface area (Å²) in [5.74, 6) is 1.28. The van der Waals surface area contributed by atoms with Crippen molar-refractivity contribution in [3.8, 4) is 0 Å². The summed E-state index contributed by atoms with van der Waals surface area (Å²) in [5.41, 5.74) is -1.12. The molecule has 0 radical (unpaired) electrons. The van der Waals surface area contributed by atoms with Crippen LogP contribution in [0, 0.1) is 0 Å². The minimum atomic E-state index is -1.12. The molecule has 1 aromatic rings. The number of aliphatic imine (C=N–C) groups is 1. The van der Waals surface area contributed by atoms with Gasteiger partial charge in [0, 0.05) is 32.6 Å². The third kappa shape index (κ3) is 5.37. The van der Waals surface area contributed by atoms with E-state index >= 15 is 0 Å². The Morgan fingerprint density at radius 3 is 2.92 bits per heavy atom. The number of hydrogen-bond donors (Lipinski definition) is 3. The van der Waals surface area contributed by atoms with E-state index in [4.69, 9.17) is 4.42 Å². The standard InChI is InChI=1S/C16H26N4O3.HI/c1-4-14(21)20-8-7-12(10-20)19-15(17-3)18-11-16(2,22)13-6-5-9-23-13;/h5-6,9,12,22H,4,7-8,10-11H2,1-3H3,(H2,17,18,19);1H. The second-order valence-electron chi connectivity index (χ2n) is 6.00. The van der Waals surface area contributed by atoms with Crippen LogP contribution in [0.3, 0.4) is 0 Å². The van der Waals surface area contributed by atoms with Crippen molar-refractivity contribution >= 4 is 35.8 Å². The quantitative estimate of drug-likeness (QED) is 0.357. The Hall–Kier alpha value is -1.29. The number of nitrogens with zero attached hydrogens (tertiary/aromatic N) is 2. The van der Waals surface area contributed by atoms with E-state index in [1.165, 1.54) is 6.26 Å². The van der Waals surface area contributed by atoms with E-state index in [1.54, 1.807) is 26.1 Å². The molecule has 0 aliphatic carbocycles. The largest absolute Gasteiger partial charge is 0.466 e. The van der Waals surface area contributed by atoms with Gasteiger partial charge in [-0.15, -0.1) is 24.0 Å². The number of furan rings is 1. The first kappa shape index (κ1) is 20.8. The van der Waals surface area contributed by atoms with Gasteiger partial charge >= 0.3 is 0 Å². The summed E-state index contributed by atoms with van der Waals surface area (Å²) in [6.07, 6.45) is 2.96. The van der Waals surface area contributed by atoms with Gasteiger partial charge in [0.25, 0.3) is 0 Å². The lowest BCUT2D eigenvalue weighted by Gasteiger charge is -2.24. The Morgan fingerprint density at radius 2 is 2.33 bits per heavy atom. The smallest absolute Gasteiger partial charge is 0.222 e. The van der Waals surface area contributed by atoms with Crippen molar-refractivity contribution in [1.82, 2.24) is 15.5 Å². The lowest BCUT2D eigenvalue weighted by molar-refractivity contribution is -0.129. The van der Waals surface area contributed by atoms with Crippen molar-refractivity contribution in [2.24, 2.45) is 4.99 Å². The molecule has 0 bridgehead atoms. The molecule has 136 valence electrons. The third-order valence-corrected chi connectivity index (χ3v) is 4.06. The Balaban J connectivity index is 0.00000288. The number of rotatable bonds is 5. The second-order valence-corrected chi connectivity index (χ2v) is 6.00. The number of aliphatic hydroxyl groups is 1. The molecule has 1 aromatic heterocycles. The zero-order chi connectivity index (χ0) is 16.9. The van der Waals surface area contributed by atoms with E-state index in [2.05, 4.69) is 15.6 Å². The van der Waals surface area contributed by atoms with Gasteiger partial charge in [-0.25, -0.2) is 0 Å². The van der Waals surface area contributed by atoms with Gasteiger partial charge in [-0.1, -0.05) is 6.92 Å². The van der Waals surface area contributed by atoms with Gasteiger partial charge in [-0.3, -0.25) is 9.79 Å². The molecule has 0 aromatic carbocycles. The molecule has 2 unspecified atom stereocenters. The maximum absolute atomic E-state index is 11.7. The van der Waals surface area contributed by atoms with Crippen molar-refractivity contribution in [2.45, 2.75) is 38.3 Å². The fraction of sp³-hybridized carbons (Fsp3) is 0.625. The summed E-state index contributed by atoms with van der Waals surface area (Å²) < 4.78 is 5.26. The first-order valence-electron chi connectivity index (χ1n) is 7.97. The van der Waals surface area contributed by atoms with E-state index in [0.717, 1.165) is 13.0 Å². The molecule has 1 saturated heterocycles. The SMILES string of the molecule is CCC(=O)N1CCC(NC(=NC)NCC(C)(O)c2ccco2)C1.I. The van der Waals surface area contributed by atoms with Gasteiger partial charge in [-0.2, -0.15) is 0 Å². The molecule has 0 saturated carbocycles.